The Bertz CT molecular complexity index is 662. The summed E-state index contributed by atoms with van der Waals surface area (Å²) in [5, 5.41) is 6.10. The molecule has 2 aromatic rings. The Morgan fingerprint density at radius 1 is 1.37 bits per heavy atom. The van der Waals surface area contributed by atoms with Crippen LogP contribution in [0, 0.1) is 0 Å². The maximum atomic E-state index is 11.6. The van der Waals surface area contributed by atoms with Crippen molar-refractivity contribution in [1.82, 2.24) is 14.7 Å². The molecule has 9 heteroatoms. The summed E-state index contributed by atoms with van der Waals surface area (Å²) in [5.41, 5.74) is 0.0834. The number of carbonyl (C=O) groups excluding carboxylic acids is 1. The van der Waals surface area contributed by atoms with E-state index in [2.05, 4.69) is 20.0 Å². The summed E-state index contributed by atoms with van der Waals surface area (Å²) in [7, 11) is 1.45. The van der Waals surface area contributed by atoms with E-state index < -0.39 is 11.5 Å². The monoisotopic (exact) mass is 318 g/mol. The molecule has 0 bridgehead atoms. The van der Waals surface area contributed by atoms with Gasteiger partial charge in [0, 0.05) is 12.7 Å². The molecule has 1 amide bonds. The first-order chi connectivity index (χ1) is 9.01. The summed E-state index contributed by atoms with van der Waals surface area (Å²) < 4.78 is 2.48. The zero-order chi connectivity index (χ0) is 14.0. The molecule has 0 aliphatic heterocycles. The lowest BCUT2D eigenvalue weighted by Gasteiger charge is -2.06. The summed E-state index contributed by atoms with van der Waals surface area (Å²) >= 11 is 12.6. The van der Waals surface area contributed by atoms with Crippen molar-refractivity contribution in [2.75, 3.05) is 12.4 Å². The Kier molecular flexibility index (Phi) is 4.08. The predicted octanol–water partition coefficient (Wildman–Crippen LogP) is 2.24. The first-order valence-electron chi connectivity index (χ1n) is 5.05. The number of pyridine rings is 1. The fraction of sp³-hybridized carbons (Fsp3) is 0.100. The van der Waals surface area contributed by atoms with Crippen molar-refractivity contribution < 1.29 is 4.79 Å². The number of aromatic nitrogens is 2. The molecule has 0 radical (unpaired) electrons. The molecule has 2 heterocycles. The van der Waals surface area contributed by atoms with Gasteiger partial charge in [0.05, 0.1) is 0 Å². The van der Waals surface area contributed by atoms with Gasteiger partial charge in [0.15, 0.2) is 0 Å². The van der Waals surface area contributed by atoms with Crippen molar-refractivity contribution in [3.05, 3.63) is 38.4 Å². The van der Waals surface area contributed by atoms with Gasteiger partial charge in [-0.15, -0.1) is 0 Å². The number of hydrogen-bond donors (Lipinski definition) is 3. The average Bonchev–Trinajstić information content (AvgIpc) is 2.68. The zero-order valence-electron chi connectivity index (χ0n) is 9.58. The molecule has 0 unspecified atom stereocenters. The second kappa shape index (κ2) is 5.60. The average molecular weight is 319 g/mol. The lowest BCUT2D eigenvalue weighted by molar-refractivity contribution is 0.0963. The molecule has 0 fully saturated rings. The number of carbonyl (C=O) groups is 1. The second-order valence-electron chi connectivity index (χ2n) is 3.44. The maximum absolute atomic E-state index is 11.6. The number of nitrogens with one attached hydrogen (secondary N) is 3. The number of anilines is 2. The normalized spacial score (nSPS) is 10.3. The van der Waals surface area contributed by atoms with E-state index in [-0.39, 0.29) is 15.9 Å². The third-order valence-corrected chi connectivity index (χ3v) is 3.36. The third-order valence-electron chi connectivity index (χ3n) is 2.17. The fourth-order valence-electron chi connectivity index (χ4n) is 1.39. The zero-order valence-corrected chi connectivity index (χ0v) is 11.9. The van der Waals surface area contributed by atoms with E-state index in [9.17, 15) is 9.59 Å². The van der Waals surface area contributed by atoms with Crippen LogP contribution >= 0.6 is 34.7 Å². The van der Waals surface area contributed by atoms with Crippen LogP contribution in [0.5, 0.6) is 0 Å². The number of rotatable bonds is 3. The van der Waals surface area contributed by atoms with Crippen LogP contribution < -0.4 is 16.2 Å². The molecular formula is C10H8Cl2N4O2S. The number of aromatic amines is 1. The molecule has 0 aromatic carbocycles. The molecule has 2 aromatic heterocycles. The SMILES string of the molecule is CNC(=O)c1c(Nc2cc(Cl)nc(Cl)c2)s[nH]c1=O. The van der Waals surface area contributed by atoms with Crippen molar-refractivity contribution in [1.29, 1.82) is 0 Å². The number of H-pyrrole nitrogens is 1. The molecule has 6 nitrogen and oxygen atoms in total. The summed E-state index contributed by atoms with van der Waals surface area (Å²) in [4.78, 5) is 27.0. The van der Waals surface area contributed by atoms with Gasteiger partial charge in [-0.05, 0) is 23.7 Å². The summed E-state index contributed by atoms with van der Waals surface area (Å²) in [6.07, 6.45) is 0. The van der Waals surface area contributed by atoms with Gasteiger partial charge < -0.3 is 10.6 Å². The standard InChI is InChI=1S/C10H8Cl2N4O2S/c1-13-8(17)7-9(18)16-19-10(7)14-4-2-5(11)15-6(12)3-4/h2-3H,1H3,(H,13,17)(H,14,15)(H,16,18). The maximum Gasteiger partial charge on any atom is 0.273 e. The van der Waals surface area contributed by atoms with Crippen LogP contribution in [0.15, 0.2) is 16.9 Å². The lowest BCUT2D eigenvalue weighted by Crippen LogP contribution is -2.24. The Labute approximate surface area is 121 Å². The topological polar surface area (TPSA) is 86.9 Å². The quantitative estimate of drug-likeness (QED) is 0.757. The summed E-state index contributed by atoms with van der Waals surface area (Å²) in [6.45, 7) is 0. The van der Waals surface area contributed by atoms with Crippen LogP contribution in [0.25, 0.3) is 0 Å². The van der Waals surface area contributed by atoms with Crippen molar-refractivity contribution in [3.8, 4) is 0 Å². The van der Waals surface area contributed by atoms with E-state index in [0.717, 1.165) is 11.5 Å². The Morgan fingerprint density at radius 2 is 2.00 bits per heavy atom. The second-order valence-corrected chi connectivity index (χ2v) is 5.03. The van der Waals surface area contributed by atoms with Gasteiger partial charge in [0.2, 0.25) is 0 Å². The van der Waals surface area contributed by atoms with Crippen molar-refractivity contribution in [3.63, 3.8) is 0 Å². The van der Waals surface area contributed by atoms with E-state index in [0.29, 0.717) is 10.7 Å². The molecule has 0 saturated carbocycles. The minimum absolute atomic E-state index is 0.0107. The fourth-order valence-corrected chi connectivity index (χ4v) is 2.60. The lowest BCUT2D eigenvalue weighted by atomic mass is 10.3. The largest absolute Gasteiger partial charge is 0.355 e. The van der Waals surface area contributed by atoms with E-state index in [4.69, 9.17) is 23.2 Å². The smallest absolute Gasteiger partial charge is 0.273 e. The minimum Gasteiger partial charge on any atom is -0.355 e. The van der Waals surface area contributed by atoms with E-state index in [1.54, 1.807) is 0 Å². The molecule has 2 rings (SSSR count). The van der Waals surface area contributed by atoms with E-state index in [1.165, 1.54) is 19.2 Å². The molecule has 0 spiro atoms. The highest BCUT2D eigenvalue weighted by Crippen LogP contribution is 2.25. The van der Waals surface area contributed by atoms with Crippen LogP contribution in [0.1, 0.15) is 10.4 Å². The first kappa shape index (κ1) is 13.9. The van der Waals surface area contributed by atoms with Gasteiger partial charge in [-0.2, -0.15) is 0 Å². The molecule has 100 valence electrons. The molecule has 3 N–H and O–H groups in total. The number of nitrogens with zero attached hydrogens (tertiary/aromatic N) is 1. The first-order valence-corrected chi connectivity index (χ1v) is 6.62. The Balaban J connectivity index is 2.39. The summed E-state index contributed by atoms with van der Waals surface area (Å²) in [6, 6.07) is 3.07. The molecule has 19 heavy (non-hydrogen) atoms. The number of halogens is 2. The van der Waals surface area contributed by atoms with Gasteiger partial charge >= 0.3 is 0 Å². The van der Waals surface area contributed by atoms with Crippen LogP contribution in [-0.4, -0.2) is 22.3 Å². The van der Waals surface area contributed by atoms with Gasteiger partial charge in [0.1, 0.15) is 20.9 Å². The molecule has 0 aliphatic rings. The highest BCUT2D eigenvalue weighted by atomic mass is 35.5. The van der Waals surface area contributed by atoms with Gasteiger partial charge in [-0.25, -0.2) is 4.98 Å². The van der Waals surface area contributed by atoms with Crippen molar-refractivity contribution in [2.45, 2.75) is 0 Å². The highest BCUT2D eigenvalue weighted by Gasteiger charge is 2.17. The van der Waals surface area contributed by atoms with E-state index in [1.807, 2.05) is 0 Å². The third kappa shape index (κ3) is 3.06. The van der Waals surface area contributed by atoms with E-state index >= 15 is 0 Å². The minimum atomic E-state index is -0.476. The van der Waals surface area contributed by atoms with Crippen LogP contribution in [0.4, 0.5) is 10.7 Å². The summed E-state index contributed by atoms with van der Waals surface area (Å²) in [5.74, 6) is -0.476. The predicted molar refractivity (Wildman–Crippen MR) is 75.9 cm³/mol. The van der Waals surface area contributed by atoms with Gasteiger partial charge in [-0.1, -0.05) is 23.2 Å². The number of amides is 1. The van der Waals surface area contributed by atoms with Crippen LogP contribution in [0.3, 0.4) is 0 Å². The highest BCUT2D eigenvalue weighted by molar-refractivity contribution is 7.10. The molecule has 0 aliphatic carbocycles. The van der Waals surface area contributed by atoms with Crippen LogP contribution in [0.2, 0.25) is 10.3 Å². The Morgan fingerprint density at radius 3 is 2.58 bits per heavy atom. The van der Waals surface area contributed by atoms with Gasteiger partial charge in [0.25, 0.3) is 11.5 Å². The van der Waals surface area contributed by atoms with Crippen molar-refractivity contribution >= 4 is 51.3 Å². The van der Waals surface area contributed by atoms with Crippen LogP contribution in [-0.2, 0) is 0 Å². The molecule has 0 atom stereocenters. The molecule has 0 saturated heterocycles. The Hall–Kier alpha value is -1.57. The van der Waals surface area contributed by atoms with Crippen molar-refractivity contribution in [2.24, 2.45) is 0 Å². The van der Waals surface area contributed by atoms with Gasteiger partial charge in [-0.3, -0.25) is 14.0 Å². The number of hydrogen-bond acceptors (Lipinski definition) is 5. The molecular weight excluding hydrogens is 311 g/mol.